The largest absolute Gasteiger partial charge is 0.323 e. The molecule has 0 fully saturated rings. The molecule has 110 valence electrons. The van der Waals surface area contributed by atoms with E-state index in [1.54, 1.807) is 42.5 Å². The van der Waals surface area contributed by atoms with Gasteiger partial charge in [0, 0.05) is 5.56 Å². The fraction of sp³-hybridized carbons (Fsp3) is 0.118. The number of carbonyl (C=O) groups excluding carboxylic acids is 2. The molecule has 0 bridgehead atoms. The van der Waals surface area contributed by atoms with Gasteiger partial charge in [0.15, 0.2) is 0 Å². The summed E-state index contributed by atoms with van der Waals surface area (Å²) >= 11 is 0. The molecule has 2 aromatic carbocycles. The maximum absolute atomic E-state index is 12.2. The van der Waals surface area contributed by atoms with Crippen LogP contribution in [0.15, 0.2) is 48.5 Å². The molecule has 0 aliphatic rings. The summed E-state index contributed by atoms with van der Waals surface area (Å²) in [6.07, 6.45) is -0.236. The number of anilines is 2. The number of nitrogens with one attached hydrogen (secondary N) is 2. The van der Waals surface area contributed by atoms with Crippen LogP contribution in [0.5, 0.6) is 0 Å². The van der Waals surface area contributed by atoms with E-state index in [-0.39, 0.29) is 12.3 Å². The van der Waals surface area contributed by atoms with Gasteiger partial charge in [-0.25, -0.2) is 0 Å². The molecule has 2 N–H and O–H groups in total. The smallest absolute Gasteiger partial charge is 0.255 e. The third kappa shape index (κ3) is 3.93. The molecule has 22 heavy (non-hydrogen) atoms. The van der Waals surface area contributed by atoms with E-state index in [1.807, 2.05) is 19.1 Å². The molecular formula is C17H15N3O2. The van der Waals surface area contributed by atoms with Gasteiger partial charge in [0.05, 0.1) is 17.4 Å². The predicted octanol–water partition coefficient (Wildman–Crippen LogP) is 3.10. The molecule has 2 aromatic rings. The van der Waals surface area contributed by atoms with Crippen molar-refractivity contribution < 1.29 is 9.59 Å². The summed E-state index contributed by atoms with van der Waals surface area (Å²) in [4.78, 5) is 23.7. The predicted molar refractivity (Wildman–Crippen MR) is 84.4 cm³/mol. The SMILES string of the molecule is Cc1ccc(C(=O)Nc2ccccc2NC(=O)CC#N)cc1. The van der Waals surface area contributed by atoms with Crippen molar-refractivity contribution in [1.29, 1.82) is 5.26 Å². The normalized spacial score (nSPS) is 9.64. The summed E-state index contributed by atoms with van der Waals surface area (Å²) < 4.78 is 0. The van der Waals surface area contributed by atoms with Gasteiger partial charge >= 0.3 is 0 Å². The lowest BCUT2D eigenvalue weighted by atomic mass is 10.1. The van der Waals surface area contributed by atoms with Gasteiger partial charge in [0.25, 0.3) is 5.91 Å². The Morgan fingerprint density at radius 2 is 1.59 bits per heavy atom. The van der Waals surface area contributed by atoms with Gasteiger partial charge in [-0.05, 0) is 31.2 Å². The van der Waals surface area contributed by atoms with Crippen molar-refractivity contribution in [2.24, 2.45) is 0 Å². The van der Waals surface area contributed by atoms with Crippen LogP contribution in [0.2, 0.25) is 0 Å². The van der Waals surface area contributed by atoms with Crippen LogP contribution in [0.25, 0.3) is 0 Å². The molecule has 0 aliphatic carbocycles. The Morgan fingerprint density at radius 1 is 1.00 bits per heavy atom. The molecule has 0 saturated heterocycles. The second kappa shape index (κ2) is 7.04. The number of nitriles is 1. The Hall–Kier alpha value is -3.13. The Morgan fingerprint density at radius 3 is 2.18 bits per heavy atom. The Balaban J connectivity index is 2.15. The Labute approximate surface area is 128 Å². The molecule has 2 rings (SSSR count). The summed E-state index contributed by atoms with van der Waals surface area (Å²) in [6, 6.07) is 15.8. The standard InChI is InChI=1S/C17H15N3O2/c1-12-6-8-13(9-7-12)17(22)20-15-5-3-2-4-14(15)19-16(21)10-11-18/h2-9H,10H2,1H3,(H,19,21)(H,20,22). The molecule has 0 aliphatic heterocycles. The van der Waals surface area contributed by atoms with Gasteiger partial charge in [-0.3, -0.25) is 9.59 Å². The number of hydrogen-bond donors (Lipinski definition) is 2. The molecule has 0 saturated carbocycles. The number of carbonyl (C=O) groups is 2. The zero-order valence-corrected chi connectivity index (χ0v) is 12.1. The molecule has 0 radical (unpaired) electrons. The number of para-hydroxylation sites is 2. The summed E-state index contributed by atoms with van der Waals surface area (Å²) in [6.45, 7) is 1.95. The molecule has 0 spiro atoms. The first kappa shape index (κ1) is 15.3. The van der Waals surface area contributed by atoms with Gasteiger partial charge in [0.1, 0.15) is 6.42 Å². The molecule has 0 aromatic heterocycles. The van der Waals surface area contributed by atoms with Crippen LogP contribution >= 0.6 is 0 Å². The van der Waals surface area contributed by atoms with Crippen LogP contribution in [0.4, 0.5) is 11.4 Å². The van der Waals surface area contributed by atoms with Gasteiger partial charge in [0.2, 0.25) is 5.91 Å². The highest BCUT2D eigenvalue weighted by Gasteiger charge is 2.10. The van der Waals surface area contributed by atoms with Crippen molar-refractivity contribution in [1.82, 2.24) is 0 Å². The van der Waals surface area contributed by atoms with E-state index in [0.717, 1.165) is 5.56 Å². The van der Waals surface area contributed by atoms with Crippen LogP contribution in [0.1, 0.15) is 22.3 Å². The van der Waals surface area contributed by atoms with Crippen molar-refractivity contribution in [2.75, 3.05) is 10.6 Å². The number of rotatable bonds is 4. The van der Waals surface area contributed by atoms with Gasteiger partial charge < -0.3 is 10.6 Å². The Bertz CT molecular complexity index is 730. The third-order valence-electron chi connectivity index (χ3n) is 3.00. The van der Waals surface area contributed by atoms with Crippen molar-refractivity contribution in [3.63, 3.8) is 0 Å². The molecule has 5 nitrogen and oxygen atoms in total. The van der Waals surface area contributed by atoms with Crippen molar-refractivity contribution in [3.05, 3.63) is 59.7 Å². The number of amides is 2. The highest BCUT2D eigenvalue weighted by Crippen LogP contribution is 2.22. The fourth-order valence-corrected chi connectivity index (χ4v) is 1.87. The van der Waals surface area contributed by atoms with E-state index in [2.05, 4.69) is 10.6 Å². The lowest BCUT2D eigenvalue weighted by Crippen LogP contribution is -2.16. The molecule has 2 amide bonds. The van der Waals surface area contributed by atoms with Crippen LogP contribution < -0.4 is 10.6 Å². The number of benzene rings is 2. The highest BCUT2D eigenvalue weighted by molar-refractivity contribution is 6.07. The van der Waals surface area contributed by atoms with Crippen molar-refractivity contribution in [2.45, 2.75) is 13.3 Å². The van der Waals surface area contributed by atoms with E-state index >= 15 is 0 Å². The first-order valence-electron chi connectivity index (χ1n) is 6.74. The van der Waals surface area contributed by atoms with E-state index < -0.39 is 5.91 Å². The number of nitrogens with zero attached hydrogens (tertiary/aromatic N) is 1. The Kier molecular flexibility index (Phi) is 4.89. The average Bonchev–Trinajstić information content (AvgIpc) is 2.50. The quantitative estimate of drug-likeness (QED) is 0.908. The van der Waals surface area contributed by atoms with Gasteiger partial charge in [-0.2, -0.15) is 5.26 Å². The second-order valence-electron chi connectivity index (χ2n) is 4.75. The summed E-state index contributed by atoms with van der Waals surface area (Å²) in [5.41, 5.74) is 2.55. The maximum Gasteiger partial charge on any atom is 0.255 e. The first-order chi connectivity index (χ1) is 10.6. The van der Waals surface area contributed by atoms with Crippen LogP contribution in [0, 0.1) is 18.3 Å². The van der Waals surface area contributed by atoms with Gasteiger partial charge in [-0.1, -0.05) is 29.8 Å². The minimum absolute atomic E-state index is 0.236. The second-order valence-corrected chi connectivity index (χ2v) is 4.75. The van der Waals surface area contributed by atoms with E-state index in [1.165, 1.54) is 0 Å². The molecule has 0 heterocycles. The molecule has 0 atom stereocenters. The zero-order valence-electron chi connectivity index (χ0n) is 12.1. The lowest BCUT2D eigenvalue weighted by Gasteiger charge is -2.11. The van der Waals surface area contributed by atoms with E-state index in [9.17, 15) is 9.59 Å². The third-order valence-corrected chi connectivity index (χ3v) is 3.00. The maximum atomic E-state index is 12.2. The van der Waals surface area contributed by atoms with Crippen LogP contribution in [0.3, 0.4) is 0 Å². The van der Waals surface area contributed by atoms with E-state index in [4.69, 9.17) is 5.26 Å². The van der Waals surface area contributed by atoms with E-state index in [0.29, 0.717) is 16.9 Å². The fourth-order valence-electron chi connectivity index (χ4n) is 1.87. The summed E-state index contributed by atoms with van der Waals surface area (Å²) in [5.74, 6) is -0.679. The lowest BCUT2D eigenvalue weighted by molar-refractivity contribution is -0.115. The summed E-state index contributed by atoms with van der Waals surface area (Å²) in [7, 11) is 0. The zero-order chi connectivity index (χ0) is 15.9. The molecule has 5 heteroatoms. The monoisotopic (exact) mass is 293 g/mol. The molecule has 0 unspecified atom stereocenters. The van der Waals surface area contributed by atoms with Gasteiger partial charge in [-0.15, -0.1) is 0 Å². The van der Waals surface area contributed by atoms with Crippen LogP contribution in [-0.2, 0) is 4.79 Å². The summed E-state index contributed by atoms with van der Waals surface area (Å²) in [5, 5.41) is 13.9. The minimum atomic E-state index is -0.417. The van der Waals surface area contributed by atoms with Crippen molar-refractivity contribution >= 4 is 23.2 Å². The first-order valence-corrected chi connectivity index (χ1v) is 6.74. The number of aryl methyl sites for hydroxylation is 1. The van der Waals surface area contributed by atoms with Crippen molar-refractivity contribution in [3.8, 4) is 6.07 Å². The highest BCUT2D eigenvalue weighted by atomic mass is 16.2. The minimum Gasteiger partial charge on any atom is -0.323 e. The molecular weight excluding hydrogens is 278 g/mol. The number of hydrogen-bond acceptors (Lipinski definition) is 3. The average molecular weight is 293 g/mol. The topological polar surface area (TPSA) is 82.0 Å². The van der Waals surface area contributed by atoms with Crippen LogP contribution in [-0.4, -0.2) is 11.8 Å².